The largest absolute Gasteiger partial charge is 0.374 e. The lowest BCUT2D eigenvalue weighted by Crippen LogP contribution is -2.21. The van der Waals surface area contributed by atoms with Gasteiger partial charge in [-0.05, 0) is 25.5 Å². The van der Waals surface area contributed by atoms with Gasteiger partial charge < -0.3 is 10.4 Å². The molecule has 0 aliphatic heterocycles. The Kier molecular flexibility index (Phi) is 20.1. The zero-order valence-electron chi connectivity index (χ0n) is 16.7. The highest BCUT2D eigenvalue weighted by Crippen LogP contribution is 2.13. The Labute approximate surface area is 152 Å². The summed E-state index contributed by atoms with van der Waals surface area (Å²) in [5, 5.41) is 12.3. The molecule has 0 spiro atoms. The Hall–Kier alpha value is -0.500. The summed E-state index contributed by atoms with van der Waals surface area (Å²) in [7, 11) is 0. The lowest BCUT2D eigenvalue weighted by molar-refractivity contribution is 0.149. The third-order valence-electron chi connectivity index (χ3n) is 4.77. The van der Waals surface area contributed by atoms with Gasteiger partial charge in [0.1, 0.15) is 6.23 Å². The topological polar surface area (TPSA) is 32.3 Å². The molecule has 1 unspecified atom stereocenters. The molecule has 0 saturated heterocycles. The van der Waals surface area contributed by atoms with Crippen molar-refractivity contribution in [2.24, 2.45) is 0 Å². The molecule has 0 radical (unpaired) electrons. The first-order chi connectivity index (χ1) is 11.8. The van der Waals surface area contributed by atoms with Crippen LogP contribution in [0.4, 0.5) is 0 Å². The van der Waals surface area contributed by atoms with E-state index in [1.165, 1.54) is 96.3 Å². The van der Waals surface area contributed by atoms with Gasteiger partial charge in [-0.3, -0.25) is 0 Å². The predicted molar refractivity (Wildman–Crippen MR) is 108 cm³/mol. The van der Waals surface area contributed by atoms with Gasteiger partial charge in [0.2, 0.25) is 0 Å². The van der Waals surface area contributed by atoms with Crippen molar-refractivity contribution in [3.8, 4) is 0 Å². The normalized spacial score (nSPS) is 12.8. The fourth-order valence-corrected chi connectivity index (χ4v) is 3.01. The van der Waals surface area contributed by atoms with Crippen molar-refractivity contribution >= 4 is 0 Å². The van der Waals surface area contributed by atoms with Crippen molar-refractivity contribution in [1.82, 2.24) is 5.32 Å². The first-order valence-electron chi connectivity index (χ1n) is 10.9. The molecule has 0 saturated carbocycles. The maximum Gasteiger partial charge on any atom is 0.123 e. The molecular formula is C22H45NO. The Morgan fingerprint density at radius 1 is 0.667 bits per heavy atom. The fraction of sp³-hybridized carbons (Fsp3) is 0.909. The second kappa shape index (κ2) is 20.5. The molecule has 0 aliphatic rings. The molecule has 2 N–H and O–H groups in total. The summed E-state index contributed by atoms with van der Waals surface area (Å²) in [4.78, 5) is 0. The van der Waals surface area contributed by atoms with Crippen molar-refractivity contribution in [3.05, 3.63) is 12.3 Å². The Morgan fingerprint density at radius 2 is 1.08 bits per heavy atom. The quantitative estimate of drug-likeness (QED) is 0.195. The van der Waals surface area contributed by atoms with Gasteiger partial charge in [0, 0.05) is 0 Å². The van der Waals surface area contributed by atoms with E-state index >= 15 is 0 Å². The van der Waals surface area contributed by atoms with Gasteiger partial charge in [-0.25, -0.2) is 0 Å². The van der Waals surface area contributed by atoms with Gasteiger partial charge in [0.15, 0.2) is 0 Å². The SMILES string of the molecule is CCCCCCCCCCCCCCCCCC=CNC(O)CC. The first-order valence-corrected chi connectivity index (χ1v) is 10.9. The number of hydrogen-bond donors (Lipinski definition) is 2. The van der Waals surface area contributed by atoms with Crippen LogP contribution in [0.25, 0.3) is 0 Å². The van der Waals surface area contributed by atoms with Gasteiger partial charge in [0.25, 0.3) is 0 Å². The minimum Gasteiger partial charge on any atom is -0.374 e. The molecule has 0 rings (SSSR count). The van der Waals surface area contributed by atoms with Gasteiger partial charge in [-0.1, -0.05) is 110 Å². The van der Waals surface area contributed by atoms with Crippen LogP contribution in [0.15, 0.2) is 12.3 Å². The van der Waals surface area contributed by atoms with Crippen LogP contribution in [0.3, 0.4) is 0 Å². The van der Waals surface area contributed by atoms with Gasteiger partial charge >= 0.3 is 0 Å². The van der Waals surface area contributed by atoms with Crippen LogP contribution < -0.4 is 5.32 Å². The molecule has 24 heavy (non-hydrogen) atoms. The summed E-state index contributed by atoms with van der Waals surface area (Å²) in [6, 6.07) is 0. The van der Waals surface area contributed by atoms with Crippen LogP contribution in [0.1, 0.15) is 123 Å². The predicted octanol–water partition coefficient (Wildman–Crippen LogP) is 7.08. The minimum absolute atomic E-state index is 0.387. The van der Waals surface area contributed by atoms with Crippen LogP contribution in [0.2, 0.25) is 0 Å². The summed E-state index contributed by atoms with van der Waals surface area (Å²) >= 11 is 0. The third-order valence-corrected chi connectivity index (χ3v) is 4.77. The molecule has 0 aromatic rings. The average molecular weight is 340 g/mol. The molecule has 1 atom stereocenters. The number of rotatable bonds is 19. The number of hydrogen-bond acceptors (Lipinski definition) is 2. The molecule has 0 aromatic carbocycles. The Bertz CT molecular complexity index is 252. The molecule has 144 valence electrons. The smallest absolute Gasteiger partial charge is 0.123 e. The second-order valence-corrected chi connectivity index (χ2v) is 7.23. The first kappa shape index (κ1) is 23.5. The van der Waals surface area contributed by atoms with Crippen molar-refractivity contribution < 1.29 is 5.11 Å². The molecule has 2 heteroatoms. The van der Waals surface area contributed by atoms with E-state index in [2.05, 4.69) is 18.3 Å². The fourth-order valence-electron chi connectivity index (χ4n) is 3.01. The molecule has 0 aliphatic carbocycles. The number of nitrogens with one attached hydrogen (secondary N) is 1. The van der Waals surface area contributed by atoms with Crippen LogP contribution in [-0.2, 0) is 0 Å². The monoisotopic (exact) mass is 339 g/mol. The average Bonchev–Trinajstić information content (AvgIpc) is 2.60. The van der Waals surface area contributed by atoms with E-state index in [0.717, 1.165) is 12.8 Å². The van der Waals surface area contributed by atoms with Crippen LogP contribution in [-0.4, -0.2) is 11.3 Å². The number of unbranched alkanes of at least 4 members (excludes halogenated alkanes) is 15. The zero-order valence-corrected chi connectivity index (χ0v) is 16.7. The van der Waals surface area contributed by atoms with E-state index in [4.69, 9.17) is 0 Å². The van der Waals surface area contributed by atoms with Crippen molar-refractivity contribution in [2.75, 3.05) is 0 Å². The summed E-state index contributed by atoms with van der Waals surface area (Å²) in [5.41, 5.74) is 0. The summed E-state index contributed by atoms with van der Waals surface area (Å²) < 4.78 is 0. The highest BCUT2D eigenvalue weighted by atomic mass is 16.3. The molecular weight excluding hydrogens is 294 g/mol. The standard InChI is InChI=1S/C22H45NO/c1-3-5-6-7-8-9-10-11-12-13-14-15-16-17-18-19-20-21-23-22(24)4-2/h20-24H,3-19H2,1-2H3. The summed E-state index contributed by atoms with van der Waals surface area (Å²) in [6.07, 6.45) is 26.8. The molecule has 0 bridgehead atoms. The van der Waals surface area contributed by atoms with E-state index in [0.29, 0.717) is 0 Å². The molecule has 0 heterocycles. The lowest BCUT2D eigenvalue weighted by atomic mass is 10.0. The van der Waals surface area contributed by atoms with E-state index in [-0.39, 0.29) is 6.23 Å². The number of allylic oxidation sites excluding steroid dienone is 1. The molecule has 0 aromatic heterocycles. The Morgan fingerprint density at radius 3 is 1.50 bits per heavy atom. The highest BCUT2D eigenvalue weighted by molar-refractivity contribution is 4.79. The minimum atomic E-state index is -0.387. The van der Waals surface area contributed by atoms with Crippen molar-refractivity contribution in [1.29, 1.82) is 0 Å². The van der Waals surface area contributed by atoms with E-state index in [1.807, 2.05) is 13.1 Å². The van der Waals surface area contributed by atoms with Crippen molar-refractivity contribution in [2.45, 2.75) is 129 Å². The van der Waals surface area contributed by atoms with Crippen molar-refractivity contribution in [3.63, 3.8) is 0 Å². The molecule has 0 amide bonds. The maximum atomic E-state index is 9.33. The van der Waals surface area contributed by atoms with Crippen LogP contribution >= 0.6 is 0 Å². The number of aliphatic hydroxyl groups excluding tert-OH is 1. The molecule has 2 nitrogen and oxygen atoms in total. The van der Waals surface area contributed by atoms with E-state index in [9.17, 15) is 5.11 Å². The maximum absolute atomic E-state index is 9.33. The van der Waals surface area contributed by atoms with Gasteiger partial charge in [-0.2, -0.15) is 0 Å². The Balaban J connectivity index is 3.05. The lowest BCUT2D eigenvalue weighted by Gasteiger charge is -2.06. The van der Waals surface area contributed by atoms with Crippen LogP contribution in [0.5, 0.6) is 0 Å². The van der Waals surface area contributed by atoms with Gasteiger partial charge in [-0.15, -0.1) is 0 Å². The van der Waals surface area contributed by atoms with Gasteiger partial charge in [0.05, 0.1) is 0 Å². The highest BCUT2D eigenvalue weighted by Gasteiger charge is 1.94. The summed E-state index contributed by atoms with van der Waals surface area (Å²) in [5.74, 6) is 0. The summed E-state index contributed by atoms with van der Waals surface area (Å²) in [6.45, 7) is 4.26. The zero-order chi connectivity index (χ0) is 17.7. The third kappa shape index (κ3) is 19.5. The van der Waals surface area contributed by atoms with Crippen LogP contribution in [0, 0.1) is 0 Å². The van der Waals surface area contributed by atoms with E-state index in [1.54, 1.807) is 0 Å². The van der Waals surface area contributed by atoms with E-state index < -0.39 is 0 Å². The number of aliphatic hydroxyl groups is 1. The molecule has 0 fully saturated rings. The second-order valence-electron chi connectivity index (χ2n) is 7.23.